The third-order valence-electron chi connectivity index (χ3n) is 1.87. The summed E-state index contributed by atoms with van der Waals surface area (Å²) in [5.41, 5.74) is 5.58. The van der Waals surface area contributed by atoms with Crippen molar-refractivity contribution in [2.24, 2.45) is 5.73 Å². The highest BCUT2D eigenvalue weighted by Gasteiger charge is 2.14. The van der Waals surface area contributed by atoms with Crippen molar-refractivity contribution in [3.63, 3.8) is 0 Å². The van der Waals surface area contributed by atoms with Crippen molar-refractivity contribution in [3.8, 4) is 0 Å². The van der Waals surface area contributed by atoms with Gasteiger partial charge in [-0.1, -0.05) is 15.9 Å². The summed E-state index contributed by atoms with van der Waals surface area (Å²) in [7, 11) is 1.44. The number of halogens is 3. The van der Waals surface area contributed by atoms with Crippen molar-refractivity contribution in [3.05, 3.63) is 28.5 Å². The zero-order valence-electron chi connectivity index (χ0n) is 9.07. The summed E-state index contributed by atoms with van der Waals surface area (Å²) < 4.78 is 18.7. The van der Waals surface area contributed by atoms with Crippen LogP contribution in [0.5, 0.6) is 0 Å². The highest BCUT2D eigenvalue weighted by Crippen LogP contribution is 2.19. The molecule has 0 saturated carbocycles. The van der Waals surface area contributed by atoms with Crippen LogP contribution < -0.4 is 11.1 Å². The molecule has 7 heteroatoms. The fourth-order valence-corrected chi connectivity index (χ4v) is 1.44. The number of hydrogen-bond acceptors (Lipinski definition) is 3. The Hall–Kier alpha value is -0.690. The van der Waals surface area contributed by atoms with Crippen molar-refractivity contribution in [2.75, 3.05) is 19.0 Å². The molecule has 1 unspecified atom stereocenters. The van der Waals surface area contributed by atoms with Gasteiger partial charge in [-0.05, 0) is 18.2 Å². The molecular weight excluding hydrogens is 314 g/mol. The molecular formula is C10H13BrClFN2O2. The quantitative estimate of drug-likeness (QED) is 0.888. The number of hydrogen-bond donors (Lipinski definition) is 2. The molecule has 0 saturated heterocycles. The van der Waals surface area contributed by atoms with Gasteiger partial charge >= 0.3 is 0 Å². The first kappa shape index (κ1) is 16.3. The zero-order chi connectivity index (χ0) is 12.1. The lowest BCUT2D eigenvalue weighted by molar-refractivity contribution is -0.118. The van der Waals surface area contributed by atoms with Crippen LogP contribution in [0.3, 0.4) is 0 Å². The average Bonchev–Trinajstić information content (AvgIpc) is 2.23. The van der Waals surface area contributed by atoms with E-state index in [9.17, 15) is 9.18 Å². The summed E-state index contributed by atoms with van der Waals surface area (Å²) in [4.78, 5) is 11.5. The van der Waals surface area contributed by atoms with Crippen molar-refractivity contribution < 1.29 is 13.9 Å². The largest absolute Gasteiger partial charge is 0.383 e. The van der Waals surface area contributed by atoms with Gasteiger partial charge in [-0.2, -0.15) is 0 Å². The lowest BCUT2D eigenvalue weighted by Crippen LogP contribution is -2.39. The van der Waals surface area contributed by atoms with E-state index in [1.807, 2.05) is 0 Å². The van der Waals surface area contributed by atoms with Crippen LogP contribution in [0.25, 0.3) is 0 Å². The van der Waals surface area contributed by atoms with Gasteiger partial charge in [-0.25, -0.2) is 4.39 Å². The molecule has 1 atom stereocenters. The van der Waals surface area contributed by atoms with Crippen LogP contribution >= 0.6 is 28.3 Å². The van der Waals surface area contributed by atoms with Gasteiger partial charge in [0.2, 0.25) is 5.91 Å². The molecule has 1 aromatic rings. The van der Waals surface area contributed by atoms with Gasteiger partial charge < -0.3 is 15.8 Å². The van der Waals surface area contributed by atoms with Crippen LogP contribution in [-0.4, -0.2) is 25.7 Å². The predicted molar refractivity (Wildman–Crippen MR) is 69.8 cm³/mol. The molecule has 0 fully saturated rings. The number of nitrogens with one attached hydrogen (secondary N) is 1. The topological polar surface area (TPSA) is 64.3 Å². The molecule has 0 spiro atoms. The first-order valence-electron chi connectivity index (χ1n) is 4.55. The van der Waals surface area contributed by atoms with E-state index in [1.165, 1.54) is 19.2 Å². The van der Waals surface area contributed by atoms with Crippen molar-refractivity contribution in [1.29, 1.82) is 0 Å². The maximum absolute atomic E-state index is 13.3. The second-order valence-electron chi connectivity index (χ2n) is 3.18. The minimum absolute atomic E-state index is 0. The second kappa shape index (κ2) is 7.60. The monoisotopic (exact) mass is 326 g/mol. The van der Waals surface area contributed by atoms with E-state index in [4.69, 9.17) is 10.5 Å². The van der Waals surface area contributed by atoms with Crippen molar-refractivity contribution in [2.45, 2.75) is 6.04 Å². The summed E-state index contributed by atoms with van der Waals surface area (Å²) in [5.74, 6) is -1.000. The zero-order valence-corrected chi connectivity index (χ0v) is 11.5. The van der Waals surface area contributed by atoms with Crippen LogP contribution in [0.15, 0.2) is 22.7 Å². The highest BCUT2D eigenvalue weighted by atomic mass is 79.9. The molecule has 0 aliphatic carbocycles. The van der Waals surface area contributed by atoms with E-state index in [1.54, 1.807) is 6.07 Å². The number of carbonyl (C=O) groups is 1. The molecule has 3 N–H and O–H groups in total. The van der Waals surface area contributed by atoms with Gasteiger partial charge in [0.25, 0.3) is 0 Å². The Kier molecular flexibility index (Phi) is 7.29. The molecule has 0 radical (unpaired) electrons. The van der Waals surface area contributed by atoms with E-state index in [-0.39, 0.29) is 24.7 Å². The number of rotatable bonds is 4. The van der Waals surface area contributed by atoms with Crippen molar-refractivity contribution in [1.82, 2.24) is 0 Å². The number of ether oxygens (including phenoxy) is 1. The molecule has 17 heavy (non-hydrogen) atoms. The lowest BCUT2D eigenvalue weighted by Gasteiger charge is -2.11. The summed E-state index contributed by atoms with van der Waals surface area (Å²) in [6.45, 7) is 0.0848. The van der Waals surface area contributed by atoms with Gasteiger partial charge in [0, 0.05) is 11.6 Å². The van der Waals surface area contributed by atoms with Crippen LogP contribution in [0.4, 0.5) is 10.1 Å². The smallest absolute Gasteiger partial charge is 0.243 e. The molecule has 4 nitrogen and oxygen atoms in total. The normalized spacial score (nSPS) is 11.5. The molecule has 0 heterocycles. The molecule has 1 aromatic carbocycles. The van der Waals surface area contributed by atoms with E-state index in [0.29, 0.717) is 4.47 Å². The fourth-order valence-electron chi connectivity index (χ4n) is 1.07. The summed E-state index contributed by atoms with van der Waals surface area (Å²) in [6.07, 6.45) is 0. The summed E-state index contributed by atoms with van der Waals surface area (Å²) >= 11 is 3.18. The van der Waals surface area contributed by atoms with Gasteiger partial charge in [0.05, 0.1) is 12.3 Å². The first-order valence-corrected chi connectivity index (χ1v) is 5.34. The van der Waals surface area contributed by atoms with Crippen LogP contribution in [0, 0.1) is 5.82 Å². The van der Waals surface area contributed by atoms with Crippen LogP contribution in [-0.2, 0) is 9.53 Å². The molecule has 1 amide bonds. The van der Waals surface area contributed by atoms with E-state index in [0.717, 1.165) is 0 Å². The number of carbonyl (C=O) groups excluding carboxylic acids is 1. The molecule has 0 aliphatic rings. The van der Waals surface area contributed by atoms with E-state index in [2.05, 4.69) is 21.2 Å². The Labute approximate surface area is 113 Å². The van der Waals surface area contributed by atoms with Crippen molar-refractivity contribution >= 4 is 39.9 Å². The van der Waals surface area contributed by atoms with Crippen LogP contribution in [0.1, 0.15) is 0 Å². The molecule has 0 aliphatic heterocycles. The number of amides is 1. The van der Waals surface area contributed by atoms with E-state index < -0.39 is 17.8 Å². The lowest BCUT2D eigenvalue weighted by atomic mass is 10.2. The van der Waals surface area contributed by atoms with Gasteiger partial charge in [0.15, 0.2) is 0 Å². The molecule has 0 aromatic heterocycles. The summed E-state index contributed by atoms with van der Waals surface area (Å²) in [5, 5.41) is 2.39. The maximum atomic E-state index is 13.3. The Morgan fingerprint density at radius 2 is 2.29 bits per heavy atom. The number of methoxy groups -OCH3 is 1. The minimum atomic E-state index is -0.816. The summed E-state index contributed by atoms with van der Waals surface area (Å²) in [6, 6.07) is 3.44. The Morgan fingerprint density at radius 1 is 1.65 bits per heavy atom. The Bertz CT molecular complexity index is 393. The standard InChI is InChI=1S/C10H12BrFN2O2.ClH/c1-16-5-8(13)10(15)14-9-4-6(11)2-3-7(9)12;/h2-4,8H,5,13H2,1H3,(H,14,15);1H. The Balaban J connectivity index is 0.00000256. The maximum Gasteiger partial charge on any atom is 0.243 e. The number of nitrogens with two attached hydrogens (primary N) is 1. The fraction of sp³-hybridized carbons (Fsp3) is 0.300. The van der Waals surface area contributed by atoms with Gasteiger partial charge in [-0.15, -0.1) is 12.4 Å². The molecule has 0 bridgehead atoms. The number of anilines is 1. The third-order valence-corrected chi connectivity index (χ3v) is 2.36. The Morgan fingerprint density at radius 3 is 2.88 bits per heavy atom. The molecule has 1 rings (SSSR count). The predicted octanol–water partition coefficient (Wildman–Crippen LogP) is 1.92. The SMILES string of the molecule is COCC(N)C(=O)Nc1cc(Br)ccc1F.Cl. The van der Waals surface area contributed by atoms with Crippen LogP contribution in [0.2, 0.25) is 0 Å². The highest BCUT2D eigenvalue weighted by molar-refractivity contribution is 9.10. The average molecular weight is 328 g/mol. The van der Waals surface area contributed by atoms with E-state index >= 15 is 0 Å². The van der Waals surface area contributed by atoms with Gasteiger partial charge in [-0.3, -0.25) is 4.79 Å². The second-order valence-corrected chi connectivity index (χ2v) is 4.09. The molecule has 96 valence electrons. The minimum Gasteiger partial charge on any atom is -0.383 e. The third kappa shape index (κ3) is 4.99. The van der Waals surface area contributed by atoms with Gasteiger partial charge in [0.1, 0.15) is 11.9 Å². The number of benzene rings is 1. The first-order chi connectivity index (χ1) is 7.54.